The molecule has 0 aromatic rings. The predicted molar refractivity (Wildman–Crippen MR) is 72.4 cm³/mol. The molecule has 0 spiro atoms. The largest absolute Gasteiger partial charge is 0.439 e. The van der Waals surface area contributed by atoms with Crippen LogP contribution in [0, 0.1) is 0 Å². The highest BCUT2D eigenvalue weighted by atomic mass is 16.6. The molecule has 7 heteroatoms. The van der Waals surface area contributed by atoms with Crippen molar-refractivity contribution in [3.63, 3.8) is 0 Å². The summed E-state index contributed by atoms with van der Waals surface area (Å²) in [4.78, 5) is 33.9. The molecule has 0 saturated carbocycles. The lowest BCUT2D eigenvalue weighted by atomic mass is 10.4. The summed E-state index contributed by atoms with van der Waals surface area (Å²) in [6.45, 7) is 12.8. The van der Waals surface area contributed by atoms with E-state index in [0.29, 0.717) is 0 Å². The van der Waals surface area contributed by atoms with Crippen molar-refractivity contribution in [2.45, 2.75) is 40.2 Å². The first-order valence-electron chi connectivity index (χ1n) is 5.93. The van der Waals surface area contributed by atoms with E-state index in [1.165, 1.54) is 27.7 Å². The van der Waals surface area contributed by atoms with Gasteiger partial charge in [0.05, 0.1) is 0 Å². The summed E-state index contributed by atoms with van der Waals surface area (Å²) in [5.41, 5.74) is 0.450. The molecule has 0 bridgehead atoms. The molecule has 2 N–H and O–H groups in total. The first kappa shape index (κ1) is 17.7. The third kappa shape index (κ3) is 7.20. The first-order valence-corrected chi connectivity index (χ1v) is 5.93. The molecule has 0 aliphatic heterocycles. The fourth-order valence-electron chi connectivity index (χ4n) is 0.992. The Labute approximate surface area is 118 Å². The van der Waals surface area contributed by atoms with E-state index in [0.717, 1.165) is 0 Å². The van der Waals surface area contributed by atoms with Crippen LogP contribution in [0.15, 0.2) is 24.3 Å². The summed E-state index contributed by atoms with van der Waals surface area (Å²) in [7, 11) is 0. The van der Waals surface area contributed by atoms with E-state index in [9.17, 15) is 14.4 Å². The average molecular weight is 284 g/mol. The van der Waals surface area contributed by atoms with Crippen LogP contribution in [0.25, 0.3) is 0 Å². The van der Waals surface area contributed by atoms with Crippen molar-refractivity contribution in [3.05, 3.63) is 24.3 Å². The summed E-state index contributed by atoms with van der Waals surface area (Å²) in [5, 5.41) is 4.70. The average Bonchev–Trinajstić information content (AvgIpc) is 2.27. The standard InChI is InChI=1S/C13H20N2O5/c1-7(2)11(16)19-9(5)14-13(18)15-10(6)20-12(17)8(3)4/h9-10H,1,3H2,2,4-6H3,(H2,14,15,18). The molecule has 20 heavy (non-hydrogen) atoms. The van der Waals surface area contributed by atoms with Crippen molar-refractivity contribution >= 4 is 18.0 Å². The molecule has 0 heterocycles. The number of nitrogens with one attached hydrogen (secondary N) is 2. The monoisotopic (exact) mass is 284 g/mol. The van der Waals surface area contributed by atoms with Crippen molar-refractivity contribution < 1.29 is 23.9 Å². The Bertz CT molecular complexity index is 392. The minimum absolute atomic E-state index is 0.225. The Morgan fingerprint density at radius 3 is 1.40 bits per heavy atom. The van der Waals surface area contributed by atoms with Crippen LogP contribution in [0.2, 0.25) is 0 Å². The molecule has 2 atom stereocenters. The van der Waals surface area contributed by atoms with Gasteiger partial charge in [-0.2, -0.15) is 0 Å². The van der Waals surface area contributed by atoms with Crippen molar-refractivity contribution in [1.29, 1.82) is 0 Å². The summed E-state index contributed by atoms with van der Waals surface area (Å²) in [6, 6.07) is -0.644. The van der Waals surface area contributed by atoms with E-state index in [2.05, 4.69) is 23.8 Å². The molecule has 2 unspecified atom stereocenters. The van der Waals surface area contributed by atoms with Crippen LogP contribution in [0.5, 0.6) is 0 Å². The molecular formula is C13H20N2O5. The Balaban J connectivity index is 4.16. The van der Waals surface area contributed by atoms with Crippen LogP contribution in [-0.2, 0) is 19.1 Å². The lowest BCUT2D eigenvalue weighted by Gasteiger charge is -2.18. The molecule has 112 valence electrons. The quantitative estimate of drug-likeness (QED) is 0.434. The lowest BCUT2D eigenvalue weighted by Crippen LogP contribution is -2.47. The second-order valence-corrected chi connectivity index (χ2v) is 4.27. The van der Waals surface area contributed by atoms with E-state index in [1.807, 2.05) is 0 Å². The van der Waals surface area contributed by atoms with Gasteiger partial charge in [0, 0.05) is 11.1 Å². The van der Waals surface area contributed by atoms with Gasteiger partial charge in [0.15, 0.2) is 12.5 Å². The number of ether oxygens (including phenoxy) is 2. The second kappa shape index (κ2) is 7.98. The normalized spacial score (nSPS) is 12.6. The van der Waals surface area contributed by atoms with Crippen LogP contribution in [0.3, 0.4) is 0 Å². The van der Waals surface area contributed by atoms with Crippen molar-refractivity contribution in [2.75, 3.05) is 0 Å². The molecule has 0 saturated heterocycles. The summed E-state index contributed by atoms with van der Waals surface area (Å²) < 4.78 is 9.70. The van der Waals surface area contributed by atoms with Gasteiger partial charge in [-0.15, -0.1) is 0 Å². The minimum atomic E-state index is -0.844. The Morgan fingerprint density at radius 1 is 0.850 bits per heavy atom. The van der Waals surface area contributed by atoms with Gasteiger partial charge < -0.3 is 20.1 Å². The third-order valence-electron chi connectivity index (χ3n) is 1.93. The fourth-order valence-corrected chi connectivity index (χ4v) is 0.992. The highest BCUT2D eigenvalue weighted by molar-refractivity contribution is 5.88. The zero-order chi connectivity index (χ0) is 15.9. The molecule has 2 amide bonds. The van der Waals surface area contributed by atoms with Gasteiger partial charge in [-0.3, -0.25) is 0 Å². The second-order valence-electron chi connectivity index (χ2n) is 4.27. The first-order chi connectivity index (χ1) is 9.13. The highest BCUT2D eigenvalue weighted by Crippen LogP contribution is 1.97. The van der Waals surface area contributed by atoms with Crippen LogP contribution >= 0.6 is 0 Å². The number of hydrogen-bond donors (Lipinski definition) is 2. The fraction of sp³-hybridized carbons (Fsp3) is 0.462. The summed E-state index contributed by atoms with van der Waals surface area (Å²) in [5.74, 6) is -1.22. The number of hydrogen-bond acceptors (Lipinski definition) is 5. The van der Waals surface area contributed by atoms with Crippen molar-refractivity contribution in [1.82, 2.24) is 10.6 Å². The van der Waals surface area contributed by atoms with Gasteiger partial charge in [0.1, 0.15) is 0 Å². The molecule has 0 radical (unpaired) electrons. The Morgan fingerprint density at radius 2 is 1.15 bits per heavy atom. The number of carbonyl (C=O) groups excluding carboxylic acids is 3. The molecule has 0 aliphatic rings. The van der Waals surface area contributed by atoms with Crippen LogP contribution in [0.4, 0.5) is 4.79 Å². The molecule has 0 aromatic heterocycles. The maximum Gasteiger partial charge on any atom is 0.335 e. The molecule has 0 aliphatic carbocycles. The maximum atomic E-state index is 11.5. The van der Waals surface area contributed by atoms with Gasteiger partial charge >= 0.3 is 18.0 Å². The van der Waals surface area contributed by atoms with Crippen LogP contribution in [-0.4, -0.2) is 30.4 Å². The highest BCUT2D eigenvalue weighted by Gasteiger charge is 2.16. The zero-order valence-corrected chi connectivity index (χ0v) is 12.1. The Hall–Kier alpha value is -2.31. The van der Waals surface area contributed by atoms with Crippen LogP contribution in [0.1, 0.15) is 27.7 Å². The topological polar surface area (TPSA) is 93.7 Å². The van der Waals surface area contributed by atoms with E-state index >= 15 is 0 Å². The smallest absolute Gasteiger partial charge is 0.335 e. The molecule has 0 fully saturated rings. The minimum Gasteiger partial charge on any atom is -0.439 e. The van der Waals surface area contributed by atoms with Gasteiger partial charge in [-0.1, -0.05) is 13.2 Å². The van der Waals surface area contributed by atoms with Crippen molar-refractivity contribution in [3.8, 4) is 0 Å². The van der Waals surface area contributed by atoms with Crippen molar-refractivity contribution in [2.24, 2.45) is 0 Å². The Kier molecular flexibility index (Phi) is 7.06. The molecular weight excluding hydrogens is 264 g/mol. The van der Waals surface area contributed by atoms with E-state index in [-0.39, 0.29) is 11.1 Å². The maximum absolute atomic E-state index is 11.5. The number of rotatable bonds is 6. The van der Waals surface area contributed by atoms with Gasteiger partial charge in [-0.25, -0.2) is 14.4 Å². The number of urea groups is 1. The summed E-state index contributed by atoms with van der Waals surface area (Å²) in [6.07, 6.45) is -1.69. The molecule has 0 aromatic carbocycles. The molecule has 0 rings (SSSR count). The molecule has 7 nitrogen and oxygen atoms in total. The van der Waals surface area contributed by atoms with Gasteiger partial charge in [0.2, 0.25) is 0 Å². The van der Waals surface area contributed by atoms with E-state index in [1.54, 1.807) is 0 Å². The van der Waals surface area contributed by atoms with E-state index < -0.39 is 30.4 Å². The zero-order valence-electron chi connectivity index (χ0n) is 12.1. The lowest BCUT2D eigenvalue weighted by molar-refractivity contribution is -0.144. The predicted octanol–water partition coefficient (Wildman–Crippen LogP) is 1.22. The SMILES string of the molecule is C=C(C)C(=O)OC(C)NC(=O)NC(C)OC(=O)C(=C)C. The number of esters is 2. The number of carbonyl (C=O) groups is 3. The van der Waals surface area contributed by atoms with Crippen LogP contribution < -0.4 is 10.6 Å². The van der Waals surface area contributed by atoms with Gasteiger partial charge in [0.25, 0.3) is 0 Å². The summed E-state index contributed by atoms with van der Waals surface area (Å²) >= 11 is 0. The van der Waals surface area contributed by atoms with E-state index in [4.69, 9.17) is 9.47 Å². The number of amides is 2. The van der Waals surface area contributed by atoms with Gasteiger partial charge in [-0.05, 0) is 27.7 Å². The third-order valence-corrected chi connectivity index (χ3v) is 1.93.